The monoisotopic (exact) mass is 1580 g/mol. The highest BCUT2D eigenvalue weighted by atomic mass is 15.2. The first-order chi connectivity index (χ1) is 59.3. The molecule has 5 aromatic heterocycles. The van der Waals surface area contributed by atoms with E-state index in [0.717, 1.165) is 40.0 Å². The van der Waals surface area contributed by atoms with Gasteiger partial charge in [0, 0.05) is 85.1 Å². The number of para-hydroxylation sites is 5. The molecule has 14 aromatic rings. The minimum absolute atomic E-state index is 0.0134. The van der Waals surface area contributed by atoms with Crippen LogP contribution in [0, 0.1) is 116 Å². The van der Waals surface area contributed by atoms with Crippen molar-refractivity contribution < 1.29 is 26.9 Å². The molecule has 120 heavy (non-hydrogen) atoms. The van der Waals surface area contributed by atoms with E-state index < -0.39 is 17.7 Å². The van der Waals surface area contributed by atoms with Crippen LogP contribution in [0.15, 0.2) is 273 Å². The van der Waals surface area contributed by atoms with Gasteiger partial charge in [0.05, 0.1) is 42.3 Å². The van der Waals surface area contributed by atoms with Gasteiger partial charge in [0.25, 0.3) is 29.1 Å². The summed E-state index contributed by atoms with van der Waals surface area (Å²) in [5.41, 5.74) is 29.4. The Hall–Kier alpha value is -12.3. The van der Waals surface area contributed by atoms with E-state index in [1.54, 1.807) is 0 Å². The zero-order chi connectivity index (χ0) is 86.2. The van der Waals surface area contributed by atoms with Gasteiger partial charge in [0.1, 0.15) is 50.9 Å². The van der Waals surface area contributed by atoms with Crippen molar-refractivity contribution in [1.29, 1.82) is 0 Å². The number of fused-ring (bicyclic) bond motifs is 5. The largest absolute Gasteiger partial charge is 0.263 e. The van der Waals surface area contributed by atoms with Crippen molar-refractivity contribution in [1.82, 2.24) is 22.8 Å². The summed E-state index contributed by atoms with van der Waals surface area (Å²) in [6.45, 7) is 34.5. The summed E-state index contributed by atoms with van der Waals surface area (Å²) < 4.78 is 49.8. The Morgan fingerprint density at radius 2 is 0.708 bits per heavy atom. The topological polar surface area (TPSA) is 44.0 Å². The number of hydrogen-bond acceptors (Lipinski definition) is 0. The van der Waals surface area contributed by atoms with E-state index >= 15 is 0 Å². The van der Waals surface area contributed by atoms with Crippen molar-refractivity contribution in [2.45, 2.75) is 191 Å². The molecule has 10 heterocycles. The minimum atomic E-state index is -0.843. The summed E-state index contributed by atoms with van der Waals surface area (Å²) in [7, 11) is 0. The number of rotatable bonds is 11. The van der Waals surface area contributed by atoms with Gasteiger partial charge in [-0.15, -0.1) is 0 Å². The quantitative estimate of drug-likeness (QED) is 0.116. The summed E-state index contributed by atoms with van der Waals surface area (Å²) in [4.78, 5) is 0. The molecular weight excluding hydrogens is 1460 g/mol. The smallest absolute Gasteiger partial charge is 0.203 e. The first kappa shape index (κ1) is 76.4. The summed E-state index contributed by atoms with van der Waals surface area (Å²) in [6.07, 6.45) is 31.9. The van der Waals surface area contributed by atoms with Gasteiger partial charge in [-0.2, -0.15) is 22.8 Å². The number of nitrogens with zero attached hydrogens (tertiary/aromatic N) is 10. The van der Waals surface area contributed by atoms with Crippen molar-refractivity contribution in [3.8, 4) is 28.4 Å². The van der Waals surface area contributed by atoms with Crippen LogP contribution in [0.3, 0.4) is 0 Å². The van der Waals surface area contributed by atoms with Crippen LogP contribution in [0.1, 0.15) is 216 Å². The van der Waals surface area contributed by atoms with Gasteiger partial charge >= 0.3 is 0 Å². The molecule has 10 heteroatoms. The molecular formula is C110H119N10+5. The van der Waals surface area contributed by atoms with Crippen LogP contribution >= 0.6 is 0 Å². The molecule has 4 unspecified atom stereocenters. The molecule has 0 spiro atoms. The summed E-state index contributed by atoms with van der Waals surface area (Å²) in [5.74, 6) is 5.06. The van der Waals surface area contributed by atoms with E-state index in [1.165, 1.54) is 176 Å². The fraction of sp³-hybridized carbons (Fsp3) is 0.282. The number of aromatic nitrogens is 10. The van der Waals surface area contributed by atoms with E-state index in [0.29, 0.717) is 11.8 Å². The number of imidazole rings is 5. The predicted molar refractivity (Wildman–Crippen MR) is 491 cm³/mol. The Morgan fingerprint density at radius 3 is 1.18 bits per heavy atom. The van der Waals surface area contributed by atoms with Gasteiger partial charge in [-0.05, 0) is 183 Å². The van der Waals surface area contributed by atoms with E-state index in [2.05, 4.69) is 399 Å². The third-order valence-electron chi connectivity index (χ3n) is 27.2. The SMILES string of the molecule is Cc1ccccc1-n1c(C)c2[n+](c1C)C=CC2(c1ccccc1)C1CCCC1.Cc1ccccc1-n1c(C)c2[n+](c1C)C=CC2(c1ccccc1)c1ccccc1.[2H]C1(C)C=Cn2c1c(C)[n+](-c1ccccc1C)c2C.[2H]C1(C2CCCC2)C=Cn2c1c(C)[n+](-c1ccccc1C)c2C.[2H]C1(c2ccccc2)C=Cn2c1c(C)[n+](-c1ccccc1C)c2C. The van der Waals surface area contributed by atoms with E-state index in [1.807, 2.05) is 61.8 Å². The lowest BCUT2D eigenvalue weighted by atomic mass is 9.67. The Kier molecular flexibility index (Phi) is 21.1. The number of allylic oxidation sites excluding steroid dienone is 5. The predicted octanol–water partition coefficient (Wildman–Crippen LogP) is 23.2. The lowest BCUT2D eigenvalue weighted by molar-refractivity contribution is -0.609. The maximum absolute atomic E-state index is 9.21. The van der Waals surface area contributed by atoms with Gasteiger partial charge in [0.15, 0.2) is 39.9 Å². The molecule has 0 N–H and O–H groups in total. The van der Waals surface area contributed by atoms with Crippen LogP contribution in [0.4, 0.5) is 0 Å². The Bertz CT molecular complexity index is 6480. The standard InChI is InChI=1S/C27H25N2.C26H29N2.C21H21N2.C20H25N2.C16H19N2/c1-20-12-10-11-17-25(20)29-21(2)26-27(18-19-28(26)22(29)3,23-13-6-4-7-14-23)24-15-8-5-9-16-24;1-19-11-7-10-16-24(19)28-20(2)25-26(23-14-8-9-15-23,17-18-27(25)21(28)3)22-12-5-4-6-13-22;1-15-9-7-8-12-20(15)23-16(2)21-19(13-14-22(21)17(23)3)18-10-5-4-6-11-18;1-14-8-4-7-11-19(14)22-15(2)20-18(17-9-5-6-10-17)12-13-21(20)16(22)3;1-11-7-5-6-8-15(11)18-13(3)16-12(2)9-10-17(16)14(18)4/h4-19H,1-3H3;4-7,10-13,16-18,23H,8-9,14-15H2,1-3H3;4-14,19H,1-3H3;4,7-8,11-13,17-18H,5-6,9-10H2,1-3H3;5-10,12H,1-4H3/q5*+1/i;;19D;18D;12D. The highest BCUT2D eigenvalue weighted by Crippen LogP contribution is 2.51. The fourth-order valence-corrected chi connectivity index (χ4v) is 21.5. The molecule has 2 saturated carbocycles. The maximum Gasteiger partial charge on any atom is 0.263 e. The van der Waals surface area contributed by atoms with Crippen LogP contribution in [-0.2, 0) is 10.8 Å². The first-order valence-corrected chi connectivity index (χ1v) is 43.5. The third-order valence-corrected chi connectivity index (χ3v) is 27.2. The minimum Gasteiger partial charge on any atom is -0.203 e. The summed E-state index contributed by atoms with van der Waals surface area (Å²) >= 11 is 0. The zero-order valence-corrected chi connectivity index (χ0v) is 73.2. The normalized spacial score (nSPS) is 20.1. The lowest BCUT2D eigenvalue weighted by Gasteiger charge is -2.32. The fourth-order valence-electron chi connectivity index (χ4n) is 21.5. The van der Waals surface area contributed by atoms with Gasteiger partial charge in [0.2, 0.25) is 0 Å². The number of aryl methyl sites for hydroxylation is 5. The number of hydrogen-bond donors (Lipinski definition) is 0. The van der Waals surface area contributed by atoms with Crippen LogP contribution < -0.4 is 22.8 Å². The van der Waals surface area contributed by atoms with Crippen molar-refractivity contribution in [2.75, 3.05) is 0 Å². The summed E-state index contributed by atoms with van der Waals surface area (Å²) in [6, 6.07) is 85.6. The summed E-state index contributed by atoms with van der Waals surface area (Å²) in [5, 5.41) is 0. The van der Waals surface area contributed by atoms with Gasteiger partial charge < -0.3 is 0 Å². The second-order valence-electron chi connectivity index (χ2n) is 34.1. The van der Waals surface area contributed by atoms with Crippen LogP contribution in [0.5, 0.6) is 0 Å². The van der Waals surface area contributed by atoms with Crippen molar-refractivity contribution in [3.05, 3.63) is 409 Å². The molecule has 4 atom stereocenters. The average molecular weight is 1580 g/mol. The number of benzene rings is 9. The second kappa shape index (κ2) is 33.1. The molecule has 21 rings (SSSR count). The molecule has 0 radical (unpaired) electrons. The van der Waals surface area contributed by atoms with Gasteiger partial charge in [-0.3, -0.25) is 0 Å². The second-order valence-corrected chi connectivity index (χ2v) is 34.1. The molecule has 0 bridgehead atoms. The Labute approximate surface area is 716 Å². The molecule has 2 aliphatic carbocycles. The Balaban J connectivity index is 0.000000110. The van der Waals surface area contributed by atoms with Crippen LogP contribution in [-0.4, -0.2) is 22.8 Å². The van der Waals surface area contributed by atoms with E-state index in [-0.39, 0.29) is 10.8 Å². The van der Waals surface area contributed by atoms with Crippen molar-refractivity contribution in [2.24, 2.45) is 11.8 Å². The van der Waals surface area contributed by atoms with E-state index in [4.69, 9.17) is 2.74 Å². The van der Waals surface area contributed by atoms with Crippen molar-refractivity contribution >= 4 is 31.0 Å². The van der Waals surface area contributed by atoms with Gasteiger partial charge in [-0.1, -0.05) is 245 Å². The highest BCUT2D eigenvalue weighted by molar-refractivity contribution is 5.60. The highest BCUT2D eigenvalue weighted by Gasteiger charge is 2.53. The average Bonchev–Trinajstić information content (AvgIpc) is 1.57. The molecule has 2 fully saturated rings. The Morgan fingerprint density at radius 1 is 0.342 bits per heavy atom. The first-order valence-electron chi connectivity index (χ1n) is 45.0. The third kappa shape index (κ3) is 13.6. The van der Waals surface area contributed by atoms with Crippen LogP contribution in [0.25, 0.3) is 59.4 Å². The molecule has 10 nitrogen and oxygen atoms in total. The van der Waals surface area contributed by atoms with E-state index in [9.17, 15) is 1.37 Å². The molecule has 5 aliphatic heterocycles. The lowest BCUT2D eigenvalue weighted by Crippen LogP contribution is -2.40. The molecule has 7 aliphatic rings. The molecule has 0 amide bonds. The van der Waals surface area contributed by atoms with Crippen LogP contribution in [0.2, 0.25) is 0 Å². The maximum atomic E-state index is 9.21. The molecule has 0 saturated heterocycles. The van der Waals surface area contributed by atoms with Crippen molar-refractivity contribution in [3.63, 3.8) is 0 Å². The zero-order valence-electron chi connectivity index (χ0n) is 76.2. The molecule has 604 valence electrons. The van der Waals surface area contributed by atoms with Gasteiger partial charge in [-0.25, -0.2) is 22.8 Å². The molecule has 9 aromatic carbocycles.